The second kappa shape index (κ2) is 15.1. The van der Waals surface area contributed by atoms with E-state index in [1.807, 2.05) is 0 Å². The number of piperidine rings is 2. The maximum atomic E-state index is 2.59. The molecular formula is C30H54N4. The Bertz CT molecular complexity index is 664. The zero-order valence-electron chi connectivity index (χ0n) is 23.0. The van der Waals surface area contributed by atoms with E-state index in [2.05, 4.69) is 72.1 Å². The number of hydrogen-bond donors (Lipinski definition) is 0. The molecular weight excluding hydrogens is 416 g/mol. The fourth-order valence-electron chi connectivity index (χ4n) is 6.30. The standard InChI is InChI=1S/C10H19N.C9H11N.C6H13N.C5H11N/c1-11-8-4-6-9-5-2-3-7-10(9)11;1-10-7-6-8-4-2-3-5-9(8)10;1-7-5-3-2-4-6-7;1-6-4-2-3-5-6/h9-10H,2-8H2,1H3;2-5H,6-7H2,1H3;2-6H2,1H3;2-5H2,1H3. The number of nitrogens with zero attached hydrogens (tertiary/aromatic N) is 4. The van der Waals surface area contributed by atoms with Gasteiger partial charge in [0.05, 0.1) is 0 Å². The number of likely N-dealkylation sites (tertiary alicyclic amines) is 3. The lowest BCUT2D eigenvalue weighted by molar-refractivity contribution is 0.0841. The first-order valence-corrected chi connectivity index (χ1v) is 14.4. The molecule has 0 spiro atoms. The van der Waals surface area contributed by atoms with Crippen molar-refractivity contribution in [3.63, 3.8) is 0 Å². The van der Waals surface area contributed by atoms with E-state index in [9.17, 15) is 0 Å². The van der Waals surface area contributed by atoms with Crippen LogP contribution in [0, 0.1) is 5.92 Å². The number of likely N-dealkylation sites (N-methyl/N-ethyl adjacent to an activating group) is 1. The second-order valence-electron chi connectivity index (χ2n) is 11.4. The van der Waals surface area contributed by atoms with E-state index in [-0.39, 0.29) is 0 Å². The van der Waals surface area contributed by atoms with Gasteiger partial charge in [0.2, 0.25) is 0 Å². The molecule has 0 amide bonds. The van der Waals surface area contributed by atoms with Crippen LogP contribution in [-0.2, 0) is 6.42 Å². The highest BCUT2D eigenvalue weighted by Gasteiger charge is 2.30. The molecule has 1 aromatic rings. The molecule has 34 heavy (non-hydrogen) atoms. The lowest BCUT2D eigenvalue weighted by Crippen LogP contribution is -2.44. The van der Waals surface area contributed by atoms with Crippen LogP contribution in [0.15, 0.2) is 24.3 Å². The molecule has 4 fully saturated rings. The number of hydrogen-bond acceptors (Lipinski definition) is 4. The van der Waals surface area contributed by atoms with Gasteiger partial charge in [0, 0.05) is 25.3 Å². The zero-order valence-corrected chi connectivity index (χ0v) is 23.0. The summed E-state index contributed by atoms with van der Waals surface area (Å²) in [5.41, 5.74) is 2.90. The summed E-state index contributed by atoms with van der Waals surface area (Å²) in [5.74, 6) is 1.06. The van der Waals surface area contributed by atoms with Crippen molar-refractivity contribution in [2.24, 2.45) is 5.92 Å². The van der Waals surface area contributed by atoms with Crippen LogP contribution in [-0.4, -0.2) is 88.2 Å². The first-order chi connectivity index (χ1) is 16.5. The molecule has 4 aliphatic heterocycles. The summed E-state index contributed by atoms with van der Waals surface area (Å²) in [5, 5.41) is 0. The molecule has 0 radical (unpaired) electrons. The average molecular weight is 471 g/mol. The summed E-state index contributed by atoms with van der Waals surface area (Å²) < 4.78 is 0. The van der Waals surface area contributed by atoms with Crippen molar-refractivity contribution in [3.05, 3.63) is 29.8 Å². The first kappa shape index (κ1) is 27.5. The smallest absolute Gasteiger partial charge is 0.0396 e. The van der Waals surface area contributed by atoms with E-state index in [0.717, 1.165) is 12.0 Å². The number of anilines is 1. The van der Waals surface area contributed by atoms with E-state index in [0.29, 0.717) is 0 Å². The van der Waals surface area contributed by atoms with E-state index in [4.69, 9.17) is 0 Å². The van der Waals surface area contributed by atoms with Crippen LogP contribution in [0.25, 0.3) is 0 Å². The Kier molecular flexibility index (Phi) is 12.2. The number of rotatable bonds is 0. The Morgan fingerprint density at radius 1 is 0.588 bits per heavy atom. The van der Waals surface area contributed by atoms with E-state index < -0.39 is 0 Å². The molecule has 2 atom stereocenters. The fourth-order valence-corrected chi connectivity index (χ4v) is 6.30. The Balaban J connectivity index is 0.000000131. The lowest BCUT2D eigenvalue weighted by Gasteiger charge is -2.42. The maximum Gasteiger partial charge on any atom is 0.0396 e. The fraction of sp³-hybridized carbons (Fsp3) is 0.800. The molecule has 1 aromatic carbocycles. The minimum absolute atomic E-state index is 0.956. The monoisotopic (exact) mass is 470 g/mol. The van der Waals surface area contributed by atoms with Crippen molar-refractivity contribution >= 4 is 5.69 Å². The molecule has 4 nitrogen and oxygen atoms in total. The summed E-state index contributed by atoms with van der Waals surface area (Å²) in [7, 11) is 8.82. The van der Waals surface area contributed by atoms with Crippen molar-refractivity contribution in [2.45, 2.75) is 83.1 Å². The Labute approximate surface area is 211 Å². The Morgan fingerprint density at radius 3 is 1.74 bits per heavy atom. The van der Waals surface area contributed by atoms with Gasteiger partial charge in [-0.05, 0) is 129 Å². The van der Waals surface area contributed by atoms with Gasteiger partial charge in [0.15, 0.2) is 0 Å². The predicted octanol–water partition coefficient (Wildman–Crippen LogP) is 5.76. The average Bonchev–Trinajstić information content (AvgIpc) is 3.50. The van der Waals surface area contributed by atoms with Gasteiger partial charge in [0.25, 0.3) is 0 Å². The van der Waals surface area contributed by atoms with Gasteiger partial charge in [-0.1, -0.05) is 37.5 Å². The van der Waals surface area contributed by atoms with Gasteiger partial charge in [-0.15, -0.1) is 0 Å². The number of para-hydroxylation sites is 1. The molecule has 3 saturated heterocycles. The van der Waals surface area contributed by atoms with Gasteiger partial charge in [-0.25, -0.2) is 0 Å². The summed E-state index contributed by atoms with van der Waals surface area (Å²) in [6, 6.07) is 9.55. The van der Waals surface area contributed by atoms with E-state index >= 15 is 0 Å². The highest BCUT2D eigenvalue weighted by atomic mass is 15.1. The maximum absolute atomic E-state index is 2.59. The predicted molar refractivity (Wildman–Crippen MR) is 149 cm³/mol. The van der Waals surface area contributed by atoms with Gasteiger partial charge < -0.3 is 19.6 Å². The molecule has 5 aliphatic rings. The van der Waals surface area contributed by atoms with Gasteiger partial charge in [-0.3, -0.25) is 0 Å². The molecule has 6 rings (SSSR count). The minimum atomic E-state index is 0.956. The van der Waals surface area contributed by atoms with Crippen molar-refractivity contribution in [3.8, 4) is 0 Å². The van der Waals surface area contributed by atoms with Crippen molar-refractivity contribution < 1.29 is 0 Å². The number of benzene rings is 1. The van der Waals surface area contributed by atoms with Crippen LogP contribution >= 0.6 is 0 Å². The molecule has 0 bridgehead atoms. The lowest BCUT2D eigenvalue weighted by atomic mass is 9.79. The molecule has 4 heterocycles. The van der Waals surface area contributed by atoms with Crippen LogP contribution in [0.3, 0.4) is 0 Å². The van der Waals surface area contributed by atoms with E-state index in [1.54, 1.807) is 0 Å². The Hall–Kier alpha value is -1.10. The van der Waals surface area contributed by atoms with Crippen LogP contribution in [0.5, 0.6) is 0 Å². The molecule has 1 saturated carbocycles. The molecule has 1 aliphatic carbocycles. The first-order valence-electron chi connectivity index (χ1n) is 14.4. The van der Waals surface area contributed by atoms with Crippen LogP contribution in [0.4, 0.5) is 5.69 Å². The summed E-state index contributed by atoms with van der Waals surface area (Å²) in [6.45, 7) is 7.81. The van der Waals surface area contributed by atoms with Gasteiger partial charge >= 0.3 is 0 Å². The molecule has 194 valence electrons. The number of fused-ring (bicyclic) bond motifs is 2. The summed E-state index contributed by atoms with van der Waals surface area (Å²) >= 11 is 0. The van der Waals surface area contributed by atoms with Gasteiger partial charge in [0.1, 0.15) is 0 Å². The molecule has 2 unspecified atom stereocenters. The SMILES string of the molecule is CN1CCCC1.CN1CCCC2CCCCC21.CN1CCCCC1.CN1CCc2ccccc21. The highest BCUT2D eigenvalue weighted by Crippen LogP contribution is 2.34. The highest BCUT2D eigenvalue weighted by molar-refractivity contribution is 5.56. The van der Waals surface area contributed by atoms with Crippen molar-refractivity contribution in [1.29, 1.82) is 0 Å². The normalized spacial score (nSPS) is 27.2. The molecule has 0 N–H and O–H groups in total. The van der Waals surface area contributed by atoms with Gasteiger partial charge in [-0.2, -0.15) is 0 Å². The summed E-state index contributed by atoms with van der Waals surface area (Å²) in [4.78, 5) is 9.64. The largest absolute Gasteiger partial charge is 0.374 e. The molecule has 4 heteroatoms. The van der Waals surface area contributed by atoms with Crippen molar-refractivity contribution in [2.75, 3.05) is 72.4 Å². The third kappa shape index (κ3) is 9.17. The minimum Gasteiger partial charge on any atom is -0.374 e. The second-order valence-corrected chi connectivity index (χ2v) is 11.4. The van der Waals surface area contributed by atoms with Crippen molar-refractivity contribution in [1.82, 2.24) is 14.7 Å². The quantitative estimate of drug-likeness (QED) is 0.477. The van der Waals surface area contributed by atoms with Crippen LogP contribution < -0.4 is 4.90 Å². The zero-order chi connectivity index (χ0) is 24.2. The van der Waals surface area contributed by atoms with Crippen LogP contribution in [0.1, 0.15) is 76.2 Å². The third-order valence-electron chi connectivity index (χ3n) is 8.55. The summed E-state index contributed by atoms with van der Waals surface area (Å²) in [6.07, 6.45) is 17.2. The third-order valence-corrected chi connectivity index (χ3v) is 8.55. The van der Waals surface area contributed by atoms with E-state index in [1.165, 1.54) is 128 Å². The van der Waals surface area contributed by atoms with Crippen LogP contribution in [0.2, 0.25) is 0 Å². The Morgan fingerprint density at radius 2 is 1.18 bits per heavy atom. The topological polar surface area (TPSA) is 13.0 Å². The molecule has 0 aromatic heterocycles.